The van der Waals surface area contributed by atoms with Crippen LogP contribution in [0, 0.1) is 25.2 Å². The van der Waals surface area contributed by atoms with Crippen molar-refractivity contribution in [2.45, 2.75) is 20.5 Å². The molecule has 0 heterocycles. The van der Waals surface area contributed by atoms with Gasteiger partial charge in [0.05, 0.1) is 7.11 Å². The second-order valence-corrected chi connectivity index (χ2v) is 9.17. The molecule has 1 N–H and O–H groups in total. The Hall–Kier alpha value is -2.98. The van der Waals surface area contributed by atoms with E-state index in [1.54, 1.807) is 36.4 Å². The maximum absolute atomic E-state index is 12.7. The highest BCUT2D eigenvalue weighted by Crippen LogP contribution is 2.35. The van der Waals surface area contributed by atoms with Crippen molar-refractivity contribution in [2.75, 3.05) is 12.4 Å². The lowest BCUT2D eigenvalue weighted by Crippen LogP contribution is -2.13. The zero-order valence-corrected chi connectivity index (χ0v) is 21.8. The minimum atomic E-state index is -0.505. The number of carbonyl (C=O) groups excluding carboxylic acids is 1. The number of benzene rings is 3. The number of methoxy groups -OCH3 is 1. The van der Waals surface area contributed by atoms with Gasteiger partial charge in [-0.1, -0.05) is 51.3 Å². The van der Waals surface area contributed by atoms with Gasteiger partial charge in [0, 0.05) is 25.8 Å². The van der Waals surface area contributed by atoms with Crippen LogP contribution in [0.2, 0.25) is 10.0 Å². The molecular formula is C26H21BrCl2N2O3. The summed E-state index contributed by atoms with van der Waals surface area (Å²) in [6, 6.07) is 16.1. The number of nitriles is 1. The zero-order valence-electron chi connectivity index (χ0n) is 18.7. The highest BCUT2D eigenvalue weighted by molar-refractivity contribution is 9.10. The van der Waals surface area contributed by atoms with Crippen molar-refractivity contribution >= 4 is 56.8 Å². The van der Waals surface area contributed by atoms with Crippen LogP contribution in [0.25, 0.3) is 6.08 Å². The number of nitrogens with one attached hydrogen (secondary N) is 1. The highest BCUT2D eigenvalue weighted by Gasteiger charge is 2.15. The van der Waals surface area contributed by atoms with Crippen LogP contribution in [-0.4, -0.2) is 13.0 Å². The number of hydrogen-bond donors (Lipinski definition) is 1. The number of halogens is 3. The molecule has 0 bridgehead atoms. The van der Waals surface area contributed by atoms with E-state index in [1.807, 2.05) is 32.0 Å². The van der Waals surface area contributed by atoms with Crippen LogP contribution in [0.4, 0.5) is 5.69 Å². The first-order chi connectivity index (χ1) is 16.2. The SMILES string of the molecule is COc1cc(/C=C(\C#N)C(=O)Nc2ccc(C)c(C)c2)c(Br)cc1OCc1ccc(Cl)cc1Cl. The van der Waals surface area contributed by atoms with Gasteiger partial charge in [-0.3, -0.25) is 4.79 Å². The first-order valence-electron chi connectivity index (χ1n) is 10.2. The fourth-order valence-electron chi connectivity index (χ4n) is 3.05. The molecule has 3 aromatic rings. The maximum atomic E-state index is 12.7. The summed E-state index contributed by atoms with van der Waals surface area (Å²) in [4.78, 5) is 12.7. The summed E-state index contributed by atoms with van der Waals surface area (Å²) in [5.74, 6) is 0.399. The summed E-state index contributed by atoms with van der Waals surface area (Å²) < 4.78 is 12.0. The number of ether oxygens (including phenoxy) is 2. The van der Waals surface area contributed by atoms with Crippen LogP contribution in [-0.2, 0) is 11.4 Å². The van der Waals surface area contributed by atoms with Crippen molar-refractivity contribution < 1.29 is 14.3 Å². The van der Waals surface area contributed by atoms with Gasteiger partial charge < -0.3 is 14.8 Å². The van der Waals surface area contributed by atoms with Gasteiger partial charge in [0.15, 0.2) is 11.5 Å². The van der Waals surface area contributed by atoms with E-state index in [1.165, 1.54) is 13.2 Å². The molecule has 0 saturated carbocycles. The summed E-state index contributed by atoms with van der Waals surface area (Å²) in [7, 11) is 1.51. The Bertz CT molecular complexity index is 1320. The Kier molecular flexibility index (Phi) is 8.62. The minimum Gasteiger partial charge on any atom is -0.493 e. The van der Waals surface area contributed by atoms with Crippen LogP contribution in [0.5, 0.6) is 11.5 Å². The van der Waals surface area contributed by atoms with Crippen molar-refractivity contribution in [3.63, 3.8) is 0 Å². The van der Waals surface area contributed by atoms with Gasteiger partial charge in [0.2, 0.25) is 0 Å². The van der Waals surface area contributed by atoms with Gasteiger partial charge in [0.25, 0.3) is 5.91 Å². The molecule has 3 rings (SSSR count). The number of hydrogen-bond acceptors (Lipinski definition) is 4. The summed E-state index contributed by atoms with van der Waals surface area (Å²) in [5, 5.41) is 13.4. The van der Waals surface area contributed by atoms with Gasteiger partial charge in [-0.25, -0.2) is 0 Å². The Morgan fingerprint density at radius 2 is 1.85 bits per heavy atom. The molecule has 0 aromatic heterocycles. The number of nitrogens with zero attached hydrogens (tertiary/aromatic N) is 1. The molecule has 174 valence electrons. The summed E-state index contributed by atoms with van der Waals surface area (Å²) in [6.45, 7) is 4.15. The van der Waals surface area contributed by atoms with E-state index in [0.717, 1.165) is 16.7 Å². The van der Waals surface area contributed by atoms with E-state index in [-0.39, 0.29) is 12.2 Å². The second-order valence-electron chi connectivity index (χ2n) is 7.47. The third-order valence-corrected chi connectivity index (χ3v) is 6.38. The monoisotopic (exact) mass is 558 g/mol. The number of aryl methyl sites for hydroxylation is 2. The van der Waals surface area contributed by atoms with E-state index >= 15 is 0 Å². The molecule has 0 unspecified atom stereocenters. The molecule has 1 amide bonds. The van der Waals surface area contributed by atoms with Crippen LogP contribution < -0.4 is 14.8 Å². The van der Waals surface area contributed by atoms with E-state index in [2.05, 4.69) is 21.2 Å². The number of carbonyl (C=O) groups is 1. The van der Waals surface area contributed by atoms with E-state index in [4.69, 9.17) is 32.7 Å². The number of rotatable bonds is 7. The average Bonchev–Trinajstić information content (AvgIpc) is 2.80. The Labute approximate surface area is 217 Å². The van der Waals surface area contributed by atoms with Gasteiger partial charge in [0.1, 0.15) is 18.2 Å². The molecule has 0 aliphatic carbocycles. The number of amides is 1. The van der Waals surface area contributed by atoms with Crippen molar-refractivity contribution in [2.24, 2.45) is 0 Å². The fraction of sp³-hybridized carbons (Fsp3) is 0.154. The van der Waals surface area contributed by atoms with Crippen LogP contribution >= 0.6 is 39.1 Å². The molecule has 0 fully saturated rings. The molecular weight excluding hydrogens is 539 g/mol. The van der Waals surface area contributed by atoms with Gasteiger partial charge in [-0.2, -0.15) is 5.26 Å². The first-order valence-corrected chi connectivity index (χ1v) is 11.7. The summed E-state index contributed by atoms with van der Waals surface area (Å²) in [6.07, 6.45) is 1.49. The third kappa shape index (κ3) is 6.32. The molecule has 0 saturated heterocycles. The summed E-state index contributed by atoms with van der Waals surface area (Å²) >= 11 is 15.7. The van der Waals surface area contributed by atoms with E-state index < -0.39 is 5.91 Å². The van der Waals surface area contributed by atoms with Crippen LogP contribution in [0.15, 0.2) is 58.6 Å². The Morgan fingerprint density at radius 1 is 1.09 bits per heavy atom. The van der Waals surface area contributed by atoms with Crippen LogP contribution in [0.3, 0.4) is 0 Å². The topological polar surface area (TPSA) is 71.3 Å². The molecule has 3 aromatic carbocycles. The smallest absolute Gasteiger partial charge is 0.266 e. The van der Waals surface area contributed by atoms with Crippen molar-refractivity contribution in [1.29, 1.82) is 5.26 Å². The maximum Gasteiger partial charge on any atom is 0.266 e. The highest BCUT2D eigenvalue weighted by atomic mass is 79.9. The second kappa shape index (κ2) is 11.4. The van der Waals surface area contributed by atoms with Crippen molar-refractivity contribution in [1.82, 2.24) is 0 Å². The molecule has 5 nitrogen and oxygen atoms in total. The lowest BCUT2D eigenvalue weighted by molar-refractivity contribution is -0.112. The standard InChI is InChI=1S/C26H21BrCl2N2O3/c1-15-4-7-21(8-16(15)2)31-26(32)19(13-30)9-18-10-24(33-3)25(12-22(18)27)34-14-17-5-6-20(28)11-23(17)29/h4-12H,14H2,1-3H3,(H,31,32)/b19-9+. The molecule has 0 radical (unpaired) electrons. The molecule has 0 atom stereocenters. The zero-order chi connectivity index (χ0) is 24.8. The Morgan fingerprint density at radius 3 is 2.50 bits per heavy atom. The third-order valence-electron chi connectivity index (χ3n) is 5.11. The van der Waals surface area contributed by atoms with Gasteiger partial charge >= 0.3 is 0 Å². The molecule has 0 spiro atoms. The lowest BCUT2D eigenvalue weighted by atomic mass is 10.1. The fourth-order valence-corrected chi connectivity index (χ4v) is 3.95. The largest absolute Gasteiger partial charge is 0.493 e. The first kappa shape index (κ1) is 25.6. The minimum absolute atomic E-state index is 0.0532. The molecule has 8 heteroatoms. The lowest BCUT2D eigenvalue weighted by Gasteiger charge is -2.14. The van der Waals surface area contributed by atoms with Crippen molar-refractivity contribution in [3.8, 4) is 17.6 Å². The number of anilines is 1. The van der Waals surface area contributed by atoms with Gasteiger partial charge in [-0.05, 0) is 73.0 Å². The Balaban J connectivity index is 1.83. The predicted octanol–water partition coefficient (Wildman–Crippen LogP) is 7.51. The van der Waals surface area contributed by atoms with Crippen LogP contribution in [0.1, 0.15) is 22.3 Å². The molecule has 0 aliphatic rings. The summed E-state index contributed by atoms with van der Waals surface area (Å²) in [5.41, 5.74) is 4.08. The van der Waals surface area contributed by atoms with Gasteiger partial charge in [-0.15, -0.1) is 0 Å². The quantitative estimate of drug-likeness (QED) is 0.240. The van der Waals surface area contributed by atoms with Crippen molar-refractivity contribution in [3.05, 3.63) is 90.9 Å². The van der Waals surface area contributed by atoms with E-state index in [0.29, 0.717) is 37.3 Å². The molecule has 34 heavy (non-hydrogen) atoms. The normalized spacial score (nSPS) is 11.0. The molecule has 0 aliphatic heterocycles. The average molecular weight is 560 g/mol. The predicted molar refractivity (Wildman–Crippen MR) is 140 cm³/mol. The van der Waals surface area contributed by atoms with E-state index in [9.17, 15) is 10.1 Å².